The lowest BCUT2D eigenvalue weighted by atomic mass is 10.1. The Hall–Kier alpha value is -3.00. The maximum Gasteiger partial charge on any atom is 0.329 e. The van der Waals surface area contributed by atoms with Crippen molar-refractivity contribution in [2.45, 2.75) is 40.7 Å². The minimum Gasteiger partial charge on any atom is -0.321 e. The zero-order valence-electron chi connectivity index (χ0n) is 16.1. The SMILES string of the molecule is CC(=O)CCn1c(=O)[nH]c2sc(C(=O)Nc3ccc(C)cc3C)c(C)c2c1=O. The molecule has 0 saturated carbocycles. The van der Waals surface area contributed by atoms with Crippen LogP contribution in [0.5, 0.6) is 0 Å². The molecule has 0 bridgehead atoms. The molecule has 0 aliphatic heterocycles. The number of fused-ring (bicyclic) bond motifs is 1. The standard InChI is InChI=1S/C20H21N3O4S/c1-10-5-6-14(11(2)9-10)21-17(25)16-13(4)15-18(28-16)22-20(27)23(19(15)26)8-7-12(3)24/h5-6,9H,7-8H2,1-4H3,(H,21,25)(H,22,27). The third-order valence-electron chi connectivity index (χ3n) is 4.60. The fourth-order valence-electron chi connectivity index (χ4n) is 3.07. The van der Waals surface area contributed by atoms with Crippen LogP contribution in [0.1, 0.15) is 39.7 Å². The van der Waals surface area contributed by atoms with Crippen LogP contribution in [0.4, 0.5) is 5.69 Å². The molecule has 2 aromatic heterocycles. The molecule has 146 valence electrons. The Morgan fingerprint density at radius 2 is 1.89 bits per heavy atom. The topological polar surface area (TPSA) is 101 Å². The number of H-pyrrole nitrogens is 1. The molecule has 2 heterocycles. The lowest BCUT2D eigenvalue weighted by molar-refractivity contribution is -0.117. The second-order valence-corrected chi connectivity index (χ2v) is 7.89. The number of rotatable bonds is 5. The van der Waals surface area contributed by atoms with E-state index in [2.05, 4.69) is 10.3 Å². The van der Waals surface area contributed by atoms with Crippen molar-refractivity contribution in [2.24, 2.45) is 0 Å². The summed E-state index contributed by atoms with van der Waals surface area (Å²) in [5, 5.41) is 3.17. The number of nitrogens with zero attached hydrogens (tertiary/aromatic N) is 1. The molecule has 28 heavy (non-hydrogen) atoms. The van der Waals surface area contributed by atoms with Crippen LogP contribution in [0.3, 0.4) is 0 Å². The number of carbonyl (C=O) groups excluding carboxylic acids is 2. The van der Waals surface area contributed by atoms with E-state index in [1.807, 2.05) is 32.0 Å². The van der Waals surface area contributed by atoms with Crippen LogP contribution in [0, 0.1) is 20.8 Å². The number of carbonyl (C=O) groups is 2. The largest absolute Gasteiger partial charge is 0.329 e. The molecule has 0 fully saturated rings. The van der Waals surface area contributed by atoms with Crippen LogP contribution in [-0.2, 0) is 11.3 Å². The van der Waals surface area contributed by atoms with Gasteiger partial charge in [0, 0.05) is 18.7 Å². The van der Waals surface area contributed by atoms with Gasteiger partial charge in [0.25, 0.3) is 11.5 Å². The van der Waals surface area contributed by atoms with E-state index in [-0.39, 0.29) is 24.7 Å². The zero-order chi connectivity index (χ0) is 20.6. The first kappa shape index (κ1) is 19.8. The molecule has 0 atom stereocenters. The van der Waals surface area contributed by atoms with Gasteiger partial charge >= 0.3 is 5.69 Å². The van der Waals surface area contributed by atoms with Crippen LogP contribution in [-0.4, -0.2) is 21.2 Å². The molecule has 1 amide bonds. The van der Waals surface area contributed by atoms with Crippen LogP contribution in [0.25, 0.3) is 10.2 Å². The summed E-state index contributed by atoms with van der Waals surface area (Å²) in [7, 11) is 0. The van der Waals surface area contributed by atoms with E-state index in [9.17, 15) is 19.2 Å². The highest BCUT2D eigenvalue weighted by atomic mass is 32.1. The van der Waals surface area contributed by atoms with Gasteiger partial charge in [0.2, 0.25) is 0 Å². The molecular weight excluding hydrogens is 378 g/mol. The number of aromatic nitrogens is 2. The average molecular weight is 399 g/mol. The fourth-order valence-corrected chi connectivity index (χ4v) is 4.16. The second kappa shape index (κ2) is 7.55. The highest BCUT2D eigenvalue weighted by Crippen LogP contribution is 2.27. The zero-order valence-corrected chi connectivity index (χ0v) is 17.0. The van der Waals surface area contributed by atoms with Crippen LogP contribution in [0.15, 0.2) is 27.8 Å². The highest BCUT2D eigenvalue weighted by molar-refractivity contribution is 7.20. The number of benzene rings is 1. The van der Waals surface area contributed by atoms with Crippen molar-refractivity contribution >= 4 is 38.9 Å². The molecule has 0 unspecified atom stereocenters. The van der Waals surface area contributed by atoms with E-state index in [0.717, 1.165) is 27.0 Å². The summed E-state index contributed by atoms with van der Waals surface area (Å²) in [6.07, 6.45) is 0.0950. The maximum absolute atomic E-state index is 12.8. The Morgan fingerprint density at radius 3 is 2.54 bits per heavy atom. The predicted molar refractivity (Wildman–Crippen MR) is 111 cm³/mol. The highest BCUT2D eigenvalue weighted by Gasteiger charge is 2.21. The van der Waals surface area contributed by atoms with Crippen molar-refractivity contribution in [1.82, 2.24) is 9.55 Å². The summed E-state index contributed by atoms with van der Waals surface area (Å²) >= 11 is 1.07. The smallest absolute Gasteiger partial charge is 0.321 e. The molecule has 7 nitrogen and oxygen atoms in total. The number of aromatic amines is 1. The fraction of sp³-hybridized carbons (Fsp3) is 0.300. The maximum atomic E-state index is 12.8. The Labute approximate surface area is 165 Å². The second-order valence-electron chi connectivity index (χ2n) is 6.87. The van der Waals surface area contributed by atoms with E-state index >= 15 is 0 Å². The third kappa shape index (κ3) is 3.68. The normalized spacial score (nSPS) is 11.0. The molecule has 0 aliphatic rings. The van der Waals surface area contributed by atoms with Gasteiger partial charge in [-0.2, -0.15) is 0 Å². The quantitative estimate of drug-likeness (QED) is 0.689. The van der Waals surface area contributed by atoms with Gasteiger partial charge in [-0.25, -0.2) is 4.79 Å². The molecule has 1 aromatic carbocycles. The minimum atomic E-state index is -0.582. The first-order chi connectivity index (χ1) is 13.2. The molecular formula is C20H21N3O4S. The van der Waals surface area contributed by atoms with Gasteiger partial charge in [-0.05, 0) is 44.9 Å². The minimum absolute atomic E-state index is 0.0127. The van der Waals surface area contributed by atoms with Crippen LogP contribution >= 0.6 is 11.3 Å². The number of anilines is 1. The number of hydrogen-bond donors (Lipinski definition) is 2. The van der Waals surface area contributed by atoms with Gasteiger partial charge < -0.3 is 5.32 Å². The summed E-state index contributed by atoms with van der Waals surface area (Å²) in [4.78, 5) is 52.4. The molecule has 2 N–H and O–H groups in total. The lowest BCUT2D eigenvalue weighted by Gasteiger charge is -2.08. The first-order valence-corrected chi connectivity index (χ1v) is 9.65. The van der Waals surface area contributed by atoms with Gasteiger partial charge in [0.05, 0.1) is 10.3 Å². The van der Waals surface area contributed by atoms with E-state index in [1.165, 1.54) is 6.92 Å². The van der Waals surface area contributed by atoms with E-state index in [0.29, 0.717) is 26.3 Å². The van der Waals surface area contributed by atoms with Crippen LogP contribution < -0.4 is 16.6 Å². The molecule has 0 saturated heterocycles. The van der Waals surface area contributed by atoms with E-state index in [1.54, 1.807) is 6.92 Å². The number of ketones is 1. The summed E-state index contributed by atoms with van der Waals surface area (Å²) < 4.78 is 1.01. The molecule has 3 aromatic rings. The van der Waals surface area contributed by atoms with Crippen LogP contribution in [0.2, 0.25) is 0 Å². The monoisotopic (exact) mass is 399 g/mol. The Morgan fingerprint density at radius 1 is 1.18 bits per heavy atom. The Bertz CT molecular complexity index is 1220. The van der Waals surface area contributed by atoms with Crippen molar-refractivity contribution in [3.8, 4) is 0 Å². The van der Waals surface area contributed by atoms with Crippen molar-refractivity contribution in [3.05, 3.63) is 60.6 Å². The summed E-state index contributed by atoms with van der Waals surface area (Å²) in [6, 6.07) is 5.71. The van der Waals surface area contributed by atoms with Gasteiger partial charge in [-0.1, -0.05) is 17.7 Å². The van der Waals surface area contributed by atoms with Crippen molar-refractivity contribution < 1.29 is 9.59 Å². The predicted octanol–water partition coefficient (Wildman–Crippen LogP) is 2.91. The molecule has 3 rings (SSSR count). The average Bonchev–Trinajstić information content (AvgIpc) is 2.93. The number of nitrogens with one attached hydrogen (secondary N) is 2. The summed E-state index contributed by atoms with van der Waals surface area (Å²) in [6.45, 7) is 6.99. The van der Waals surface area contributed by atoms with Gasteiger partial charge in [-0.15, -0.1) is 11.3 Å². The number of aryl methyl sites for hydroxylation is 3. The lowest BCUT2D eigenvalue weighted by Crippen LogP contribution is -2.35. The van der Waals surface area contributed by atoms with E-state index in [4.69, 9.17) is 0 Å². The van der Waals surface area contributed by atoms with Gasteiger partial charge in [0.15, 0.2) is 0 Å². The van der Waals surface area contributed by atoms with Gasteiger partial charge in [0.1, 0.15) is 10.6 Å². The molecule has 0 aliphatic carbocycles. The molecule has 0 radical (unpaired) electrons. The molecule has 8 heteroatoms. The number of amides is 1. The van der Waals surface area contributed by atoms with Crippen molar-refractivity contribution in [1.29, 1.82) is 0 Å². The van der Waals surface area contributed by atoms with Crippen molar-refractivity contribution in [3.63, 3.8) is 0 Å². The Kier molecular flexibility index (Phi) is 5.33. The first-order valence-electron chi connectivity index (χ1n) is 8.83. The van der Waals surface area contributed by atoms with Crippen molar-refractivity contribution in [2.75, 3.05) is 5.32 Å². The number of Topliss-reactive ketones (excluding diaryl/α,β-unsaturated/α-hetero) is 1. The Balaban J connectivity index is 2.03. The number of hydrogen-bond acceptors (Lipinski definition) is 5. The third-order valence-corrected chi connectivity index (χ3v) is 5.80. The number of thiophene rings is 1. The van der Waals surface area contributed by atoms with Gasteiger partial charge in [-0.3, -0.25) is 23.9 Å². The molecule has 0 spiro atoms. The summed E-state index contributed by atoms with van der Waals surface area (Å²) in [5.41, 5.74) is 2.17. The van der Waals surface area contributed by atoms with E-state index < -0.39 is 11.2 Å². The summed E-state index contributed by atoms with van der Waals surface area (Å²) in [5.74, 6) is -0.442.